The van der Waals surface area contributed by atoms with Crippen molar-refractivity contribution in [3.63, 3.8) is 0 Å². The normalized spacial score (nSPS) is 17.4. The maximum Gasteiger partial charge on any atom is 0.238 e. The number of carbonyl (C=O) groups is 1. The fraction of sp³-hybridized carbons (Fsp3) is 0.154. The summed E-state index contributed by atoms with van der Waals surface area (Å²) in [7, 11) is -3.33. The summed E-state index contributed by atoms with van der Waals surface area (Å²) in [5, 5.41) is 2.67. The first-order valence-electron chi connectivity index (χ1n) is 6.09. The van der Waals surface area contributed by atoms with E-state index < -0.39 is 15.8 Å². The van der Waals surface area contributed by atoms with Gasteiger partial charge in [-0.05, 0) is 23.8 Å². The van der Waals surface area contributed by atoms with Crippen molar-refractivity contribution in [2.75, 3.05) is 17.3 Å². The summed E-state index contributed by atoms with van der Waals surface area (Å²) >= 11 is 0. The summed E-state index contributed by atoms with van der Waals surface area (Å²) in [5.41, 5.74) is 7.17. The van der Waals surface area contributed by atoms with Crippen LogP contribution < -0.4 is 11.1 Å². The number of aromatic nitrogens is 2. The molecule has 2 heterocycles. The summed E-state index contributed by atoms with van der Waals surface area (Å²) in [6.07, 6.45) is 2.60. The number of nitrogens with zero attached hydrogens (tertiary/aromatic N) is 2. The van der Waals surface area contributed by atoms with Gasteiger partial charge in [0.15, 0.2) is 9.84 Å². The summed E-state index contributed by atoms with van der Waals surface area (Å²) in [6.45, 7) is 0. The number of nitrogen functional groups attached to an aromatic ring is 1. The molecule has 21 heavy (non-hydrogen) atoms. The number of nitrogens with two attached hydrogens (primary N) is 1. The van der Waals surface area contributed by atoms with Crippen molar-refractivity contribution in [1.29, 1.82) is 0 Å². The number of rotatable bonds is 2. The predicted octanol–water partition coefficient (Wildman–Crippen LogP) is 0.546. The molecule has 2 aromatic rings. The Hall–Kier alpha value is -2.48. The van der Waals surface area contributed by atoms with E-state index in [4.69, 9.17) is 5.73 Å². The van der Waals surface area contributed by atoms with Crippen molar-refractivity contribution in [2.24, 2.45) is 0 Å². The highest BCUT2D eigenvalue weighted by atomic mass is 32.2. The fourth-order valence-corrected chi connectivity index (χ4v) is 2.96. The topological polar surface area (TPSA) is 115 Å². The van der Waals surface area contributed by atoms with Gasteiger partial charge in [-0.1, -0.05) is 6.07 Å². The molecule has 1 aromatic heterocycles. The molecule has 0 fully saturated rings. The lowest BCUT2D eigenvalue weighted by Gasteiger charge is -2.08. The van der Waals surface area contributed by atoms with Crippen molar-refractivity contribution in [2.45, 2.75) is 10.8 Å². The molecular formula is C13H12N4O3S. The molecule has 1 aromatic carbocycles. The van der Waals surface area contributed by atoms with E-state index >= 15 is 0 Å². The number of anilines is 2. The number of nitrogens with one attached hydrogen (secondary N) is 1. The van der Waals surface area contributed by atoms with E-state index in [0.29, 0.717) is 16.9 Å². The van der Waals surface area contributed by atoms with Crippen LogP contribution in [-0.4, -0.2) is 30.5 Å². The minimum Gasteiger partial charge on any atom is -0.368 e. The molecule has 0 saturated heterocycles. The second-order valence-corrected chi connectivity index (χ2v) is 6.80. The van der Waals surface area contributed by atoms with E-state index in [0.717, 1.165) is 6.26 Å². The molecule has 1 unspecified atom stereocenters. The van der Waals surface area contributed by atoms with Crippen LogP contribution in [0.4, 0.5) is 11.6 Å². The van der Waals surface area contributed by atoms with Crippen LogP contribution >= 0.6 is 0 Å². The molecule has 1 amide bonds. The number of hydrogen-bond donors (Lipinski definition) is 2. The van der Waals surface area contributed by atoms with Crippen molar-refractivity contribution in [3.05, 3.63) is 41.7 Å². The second kappa shape index (κ2) is 4.52. The molecule has 0 aliphatic carbocycles. The zero-order chi connectivity index (χ0) is 15.2. The summed E-state index contributed by atoms with van der Waals surface area (Å²) in [4.78, 5) is 20.2. The highest BCUT2D eigenvalue weighted by Crippen LogP contribution is 2.37. The Morgan fingerprint density at radius 3 is 2.71 bits per heavy atom. The van der Waals surface area contributed by atoms with Gasteiger partial charge in [0.2, 0.25) is 11.9 Å². The van der Waals surface area contributed by atoms with Gasteiger partial charge in [-0.3, -0.25) is 4.79 Å². The Kier molecular flexibility index (Phi) is 2.91. The van der Waals surface area contributed by atoms with Gasteiger partial charge in [0.05, 0.1) is 10.6 Å². The summed E-state index contributed by atoms with van der Waals surface area (Å²) in [5.74, 6) is -0.797. The second-order valence-electron chi connectivity index (χ2n) is 4.78. The third-order valence-corrected chi connectivity index (χ3v) is 4.39. The predicted molar refractivity (Wildman–Crippen MR) is 76.5 cm³/mol. The van der Waals surface area contributed by atoms with Crippen LogP contribution in [0.3, 0.4) is 0 Å². The van der Waals surface area contributed by atoms with Crippen LogP contribution in [0.15, 0.2) is 35.4 Å². The van der Waals surface area contributed by atoms with Gasteiger partial charge in [-0.2, -0.15) is 0 Å². The molecule has 3 N–H and O–H groups in total. The maximum absolute atomic E-state index is 12.1. The standard InChI is InChI=1S/C13H12N4O3S/c1-21(19,20)7-2-3-8-10(6-7)16-12(18)11(8)9-4-5-15-13(14)17-9/h2-6,11H,1H3,(H,16,18)(H2,14,15,17). The number of amides is 1. The monoisotopic (exact) mass is 304 g/mol. The highest BCUT2D eigenvalue weighted by molar-refractivity contribution is 7.90. The lowest BCUT2D eigenvalue weighted by Crippen LogP contribution is -2.15. The van der Waals surface area contributed by atoms with Crippen molar-refractivity contribution in [3.8, 4) is 0 Å². The molecule has 0 bridgehead atoms. The Bertz CT molecular complexity index is 848. The van der Waals surface area contributed by atoms with Crippen molar-refractivity contribution < 1.29 is 13.2 Å². The van der Waals surface area contributed by atoms with Crippen LogP contribution in [0.2, 0.25) is 0 Å². The first kappa shape index (κ1) is 13.5. The van der Waals surface area contributed by atoms with Crippen LogP contribution in [0.25, 0.3) is 0 Å². The van der Waals surface area contributed by atoms with E-state index in [1.54, 1.807) is 12.1 Å². The molecule has 1 atom stereocenters. The zero-order valence-corrected chi connectivity index (χ0v) is 11.9. The first-order valence-corrected chi connectivity index (χ1v) is 7.99. The van der Waals surface area contributed by atoms with Gasteiger partial charge in [0, 0.05) is 18.1 Å². The third kappa shape index (κ3) is 2.33. The zero-order valence-electron chi connectivity index (χ0n) is 11.1. The van der Waals surface area contributed by atoms with Crippen LogP contribution in [-0.2, 0) is 14.6 Å². The van der Waals surface area contributed by atoms with Crippen molar-refractivity contribution in [1.82, 2.24) is 9.97 Å². The Labute approximate surface area is 121 Å². The summed E-state index contributed by atoms with van der Waals surface area (Å²) < 4.78 is 23.1. The molecule has 7 nitrogen and oxygen atoms in total. The number of carbonyl (C=O) groups excluding carboxylic acids is 1. The van der Waals surface area contributed by atoms with Crippen LogP contribution in [0.1, 0.15) is 17.2 Å². The maximum atomic E-state index is 12.1. The highest BCUT2D eigenvalue weighted by Gasteiger charge is 2.33. The Balaban J connectivity index is 2.11. The average molecular weight is 304 g/mol. The van der Waals surface area contributed by atoms with E-state index in [1.807, 2.05) is 0 Å². The molecule has 108 valence electrons. The van der Waals surface area contributed by atoms with Crippen LogP contribution in [0, 0.1) is 0 Å². The van der Waals surface area contributed by atoms with E-state index in [-0.39, 0.29) is 16.8 Å². The Morgan fingerprint density at radius 2 is 2.05 bits per heavy atom. The van der Waals surface area contributed by atoms with E-state index in [2.05, 4.69) is 15.3 Å². The molecular weight excluding hydrogens is 292 g/mol. The van der Waals surface area contributed by atoms with Gasteiger partial charge in [-0.25, -0.2) is 18.4 Å². The van der Waals surface area contributed by atoms with Gasteiger partial charge >= 0.3 is 0 Å². The smallest absolute Gasteiger partial charge is 0.238 e. The minimum atomic E-state index is -3.33. The molecule has 3 rings (SSSR count). The molecule has 0 spiro atoms. The van der Waals surface area contributed by atoms with Gasteiger partial charge < -0.3 is 11.1 Å². The van der Waals surface area contributed by atoms with E-state index in [9.17, 15) is 13.2 Å². The van der Waals surface area contributed by atoms with Gasteiger partial charge in [0.25, 0.3) is 0 Å². The SMILES string of the molecule is CS(=O)(=O)c1ccc2c(c1)NC(=O)C2c1ccnc(N)n1. The number of sulfone groups is 1. The van der Waals surface area contributed by atoms with Crippen LogP contribution in [0.5, 0.6) is 0 Å². The van der Waals surface area contributed by atoms with E-state index in [1.165, 1.54) is 18.3 Å². The van der Waals surface area contributed by atoms with Gasteiger partial charge in [0.1, 0.15) is 5.92 Å². The number of hydrogen-bond acceptors (Lipinski definition) is 6. The number of fused-ring (bicyclic) bond motifs is 1. The molecule has 1 aliphatic rings. The van der Waals surface area contributed by atoms with Gasteiger partial charge in [-0.15, -0.1) is 0 Å². The quantitative estimate of drug-likeness (QED) is 0.837. The number of benzene rings is 1. The summed E-state index contributed by atoms with van der Waals surface area (Å²) in [6, 6.07) is 6.16. The lowest BCUT2D eigenvalue weighted by molar-refractivity contribution is -0.116. The minimum absolute atomic E-state index is 0.0847. The van der Waals surface area contributed by atoms with Crippen molar-refractivity contribution >= 4 is 27.4 Å². The average Bonchev–Trinajstić information content (AvgIpc) is 2.72. The molecule has 0 radical (unpaired) electrons. The largest absolute Gasteiger partial charge is 0.368 e. The molecule has 8 heteroatoms. The lowest BCUT2D eigenvalue weighted by atomic mass is 9.97. The third-order valence-electron chi connectivity index (χ3n) is 3.28. The Morgan fingerprint density at radius 1 is 1.29 bits per heavy atom. The molecule has 1 aliphatic heterocycles. The molecule has 0 saturated carbocycles. The fourth-order valence-electron chi connectivity index (χ4n) is 2.31. The first-order chi connectivity index (χ1) is 9.86.